The lowest BCUT2D eigenvalue weighted by Gasteiger charge is -2.38. The second kappa shape index (κ2) is 5.39. The van der Waals surface area contributed by atoms with Gasteiger partial charge in [0.15, 0.2) is 5.82 Å². The number of carbonyl (C=O) groups is 1. The zero-order valence-electron chi connectivity index (χ0n) is 11.6. The summed E-state index contributed by atoms with van der Waals surface area (Å²) in [6.45, 7) is 0. The average molecular weight is 262 g/mol. The molecule has 2 aliphatic rings. The van der Waals surface area contributed by atoms with Crippen molar-refractivity contribution in [2.75, 3.05) is 0 Å². The van der Waals surface area contributed by atoms with E-state index >= 15 is 0 Å². The molecule has 0 amide bonds. The van der Waals surface area contributed by atoms with Crippen LogP contribution in [0, 0.1) is 17.8 Å². The molecule has 3 rings (SSSR count). The van der Waals surface area contributed by atoms with Gasteiger partial charge in [-0.2, -0.15) is 4.80 Å². The standard InChI is InChI=1S/C14H22N4O/c1-18-16-14(15-17-18)9-13(19)12-7-6-10-4-2-3-5-11(10)8-12/h10-12H,2-9H2,1H3. The van der Waals surface area contributed by atoms with E-state index < -0.39 is 0 Å². The fraction of sp³-hybridized carbons (Fsp3) is 0.857. The van der Waals surface area contributed by atoms with Crippen LogP contribution in [-0.2, 0) is 18.3 Å². The minimum absolute atomic E-state index is 0.239. The summed E-state index contributed by atoms with van der Waals surface area (Å²) < 4.78 is 0. The Morgan fingerprint density at radius 3 is 2.74 bits per heavy atom. The highest BCUT2D eigenvalue weighted by molar-refractivity contribution is 5.82. The van der Waals surface area contributed by atoms with E-state index in [1.165, 1.54) is 36.9 Å². The zero-order valence-corrected chi connectivity index (χ0v) is 11.6. The van der Waals surface area contributed by atoms with Crippen molar-refractivity contribution in [1.29, 1.82) is 0 Å². The topological polar surface area (TPSA) is 60.7 Å². The van der Waals surface area contributed by atoms with Gasteiger partial charge in [0.25, 0.3) is 0 Å². The van der Waals surface area contributed by atoms with Gasteiger partial charge in [0, 0.05) is 5.92 Å². The van der Waals surface area contributed by atoms with E-state index in [4.69, 9.17) is 0 Å². The Morgan fingerprint density at radius 1 is 1.21 bits per heavy atom. The van der Waals surface area contributed by atoms with Gasteiger partial charge < -0.3 is 0 Å². The Morgan fingerprint density at radius 2 is 2.00 bits per heavy atom. The first-order valence-electron chi connectivity index (χ1n) is 7.48. The molecule has 3 unspecified atom stereocenters. The average Bonchev–Trinajstić information content (AvgIpc) is 2.83. The van der Waals surface area contributed by atoms with Gasteiger partial charge >= 0.3 is 0 Å². The van der Waals surface area contributed by atoms with Crippen LogP contribution in [0.5, 0.6) is 0 Å². The van der Waals surface area contributed by atoms with Crippen LogP contribution >= 0.6 is 0 Å². The van der Waals surface area contributed by atoms with Crippen LogP contribution in [0.15, 0.2) is 0 Å². The lowest BCUT2D eigenvalue weighted by atomic mass is 9.66. The minimum atomic E-state index is 0.239. The molecule has 104 valence electrons. The van der Waals surface area contributed by atoms with Crippen molar-refractivity contribution >= 4 is 5.78 Å². The molecule has 2 aliphatic carbocycles. The number of rotatable bonds is 3. The summed E-state index contributed by atoms with van der Waals surface area (Å²) in [6.07, 6.45) is 9.24. The van der Waals surface area contributed by atoms with Gasteiger partial charge in [0.05, 0.1) is 13.5 Å². The van der Waals surface area contributed by atoms with Crippen molar-refractivity contribution in [3.63, 3.8) is 0 Å². The summed E-state index contributed by atoms with van der Waals surface area (Å²) in [5.41, 5.74) is 0. The quantitative estimate of drug-likeness (QED) is 0.835. The van der Waals surface area contributed by atoms with Crippen molar-refractivity contribution in [2.24, 2.45) is 24.8 Å². The monoisotopic (exact) mass is 262 g/mol. The summed E-state index contributed by atoms with van der Waals surface area (Å²) in [5.74, 6) is 2.82. The smallest absolute Gasteiger partial charge is 0.182 e. The Hall–Kier alpha value is -1.26. The van der Waals surface area contributed by atoms with Crippen molar-refractivity contribution in [3.8, 4) is 0 Å². The third-order valence-corrected chi connectivity index (χ3v) is 4.88. The van der Waals surface area contributed by atoms with E-state index in [1.54, 1.807) is 7.05 Å². The molecular weight excluding hydrogens is 240 g/mol. The van der Waals surface area contributed by atoms with E-state index in [9.17, 15) is 4.79 Å². The second-order valence-electron chi connectivity index (χ2n) is 6.15. The molecule has 5 nitrogen and oxygen atoms in total. The van der Waals surface area contributed by atoms with Gasteiger partial charge in [-0.3, -0.25) is 4.79 Å². The van der Waals surface area contributed by atoms with Gasteiger partial charge in [-0.15, -0.1) is 10.2 Å². The Kier molecular flexibility index (Phi) is 3.62. The maximum absolute atomic E-state index is 12.3. The highest BCUT2D eigenvalue weighted by Gasteiger charge is 2.35. The summed E-state index contributed by atoms with van der Waals surface area (Å²) in [7, 11) is 1.73. The van der Waals surface area contributed by atoms with Crippen LogP contribution in [0.3, 0.4) is 0 Å². The highest BCUT2D eigenvalue weighted by atomic mass is 16.1. The number of hydrogen-bond donors (Lipinski definition) is 0. The van der Waals surface area contributed by atoms with Crippen LogP contribution in [0.1, 0.15) is 50.8 Å². The number of carbonyl (C=O) groups excluding carboxylic acids is 1. The zero-order chi connectivity index (χ0) is 13.2. The van der Waals surface area contributed by atoms with E-state index in [-0.39, 0.29) is 5.92 Å². The molecule has 0 bridgehead atoms. The molecule has 2 fully saturated rings. The van der Waals surface area contributed by atoms with Crippen LogP contribution in [0.25, 0.3) is 0 Å². The van der Waals surface area contributed by atoms with E-state index in [2.05, 4.69) is 15.4 Å². The Labute approximate surface area is 113 Å². The maximum atomic E-state index is 12.3. The number of aryl methyl sites for hydroxylation is 1. The van der Waals surface area contributed by atoms with E-state index in [0.717, 1.165) is 24.7 Å². The summed E-state index contributed by atoms with van der Waals surface area (Å²) in [5, 5.41) is 11.8. The lowest BCUT2D eigenvalue weighted by molar-refractivity contribution is -0.124. The molecule has 0 aromatic carbocycles. The van der Waals surface area contributed by atoms with Crippen molar-refractivity contribution in [1.82, 2.24) is 20.2 Å². The molecule has 0 aliphatic heterocycles. The van der Waals surface area contributed by atoms with Crippen LogP contribution in [0.2, 0.25) is 0 Å². The van der Waals surface area contributed by atoms with E-state index in [0.29, 0.717) is 18.0 Å². The van der Waals surface area contributed by atoms with Gasteiger partial charge in [-0.25, -0.2) is 0 Å². The van der Waals surface area contributed by atoms with E-state index in [1.807, 2.05) is 0 Å². The Bertz CT molecular complexity index is 456. The van der Waals surface area contributed by atoms with Crippen LogP contribution in [-0.4, -0.2) is 26.0 Å². The normalized spacial score (nSPS) is 30.9. The summed E-state index contributed by atoms with van der Waals surface area (Å²) in [4.78, 5) is 13.8. The molecule has 19 heavy (non-hydrogen) atoms. The molecule has 0 N–H and O–H groups in total. The first-order chi connectivity index (χ1) is 9.22. The Balaban J connectivity index is 1.58. The van der Waals surface area contributed by atoms with Crippen molar-refractivity contribution in [2.45, 2.75) is 51.4 Å². The molecule has 5 heteroatoms. The minimum Gasteiger partial charge on any atom is -0.299 e. The molecule has 3 atom stereocenters. The number of tetrazole rings is 1. The number of ketones is 1. The van der Waals surface area contributed by atoms with Crippen molar-refractivity contribution < 1.29 is 4.79 Å². The van der Waals surface area contributed by atoms with Gasteiger partial charge in [-0.1, -0.05) is 25.7 Å². The SMILES string of the molecule is Cn1nnc(CC(=O)C2CCC3CCCCC3C2)n1. The number of fused-ring (bicyclic) bond motifs is 1. The fourth-order valence-corrected chi connectivity index (χ4v) is 3.86. The highest BCUT2D eigenvalue weighted by Crippen LogP contribution is 2.42. The third kappa shape index (κ3) is 2.85. The molecule has 0 radical (unpaired) electrons. The molecule has 1 aromatic rings. The first kappa shape index (κ1) is 12.8. The van der Waals surface area contributed by atoms with Crippen LogP contribution < -0.4 is 0 Å². The largest absolute Gasteiger partial charge is 0.299 e. The van der Waals surface area contributed by atoms with Crippen molar-refractivity contribution in [3.05, 3.63) is 5.82 Å². The van der Waals surface area contributed by atoms with Gasteiger partial charge in [0.2, 0.25) is 0 Å². The molecule has 0 spiro atoms. The van der Waals surface area contributed by atoms with Gasteiger partial charge in [0.1, 0.15) is 5.78 Å². The maximum Gasteiger partial charge on any atom is 0.182 e. The molecule has 1 aromatic heterocycles. The summed E-state index contributed by atoms with van der Waals surface area (Å²) in [6, 6.07) is 0. The first-order valence-corrected chi connectivity index (χ1v) is 7.48. The second-order valence-corrected chi connectivity index (χ2v) is 6.15. The predicted molar refractivity (Wildman–Crippen MR) is 70.3 cm³/mol. The number of Topliss-reactive ketones (excluding diaryl/α,β-unsaturated/α-hetero) is 1. The van der Waals surface area contributed by atoms with Crippen LogP contribution in [0.4, 0.5) is 0 Å². The fourth-order valence-electron chi connectivity index (χ4n) is 3.86. The molecule has 2 saturated carbocycles. The number of nitrogens with zero attached hydrogens (tertiary/aromatic N) is 4. The number of hydrogen-bond acceptors (Lipinski definition) is 4. The molecule has 1 heterocycles. The van der Waals surface area contributed by atoms with Gasteiger partial charge in [-0.05, 0) is 36.3 Å². The molecule has 0 saturated heterocycles. The summed E-state index contributed by atoms with van der Waals surface area (Å²) >= 11 is 0. The molecular formula is C14H22N4O. The third-order valence-electron chi connectivity index (χ3n) is 4.88. The number of aromatic nitrogens is 4. The predicted octanol–water partition coefficient (Wildman–Crippen LogP) is 1.93. The lowest BCUT2D eigenvalue weighted by Crippen LogP contribution is -2.32.